The Hall–Kier alpha value is -2.69. The van der Waals surface area contributed by atoms with Crippen molar-refractivity contribution < 1.29 is 9.90 Å². The van der Waals surface area contributed by atoms with Crippen LogP contribution in [0.2, 0.25) is 0 Å². The van der Waals surface area contributed by atoms with Crippen molar-refractivity contribution in [1.82, 2.24) is 4.90 Å². The summed E-state index contributed by atoms with van der Waals surface area (Å²) in [6.45, 7) is 2.14. The standard InChI is InChI=1S/C23H19NO2S/c25-23(26)18-12-24(13-18)14-19-11-21-20(6-3-7-22(21)27-19)17-9-8-15-4-1-2-5-16(15)10-17/h1-11,18H,12-14H2,(H,25,26). The van der Waals surface area contributed by atoms with Gasteiger partial charge in [-0.15, -0.1) is 11.3 Å². The van der Waals surface area contributed by atoms with E-state index < -0.39 is 5.97 Å². The largest absolute Gasteiger partial charge is 0.481 e. The highest BCUT2D eigenvalue weighted by Crippen LogP contribution is 2.36. The Morgan fingerprint density at radius 2 is 1.81 bits per heavy atom. The van der Waals surface area contributed by atoms with Crippen LogP contribution in [0.3, 0.4) is 0 Å². The molecule has 0 unspecified atom stereocenters. The monoisotopic (exact) mass is 373 g/mol. The Kier molecular flexibility index (Phi) is 3.96. The summed E-state index contributed by atoms with van der Waals surface area (Å²) in [6.07, 6.45) is 0. The van der Waals surface area contributed by atoms with Crippen molar-refractivity contribution in [3.63, 3.8) is 0 Å². The molecule has 1 N–H and O–H groups in total. The van der Waals surface area contributed by atoms with Gasteiger partial charge in [0.2, 0.25) is 0 Å². The molecule has 1 aliphatic heterocycles. The third-order valence-electron chi connectivity index (χ3n) is 5.36. The van der Waals surface area contributed by atoms with Gasteiger partial charge in [-0.25, -0.2) is 0 Å². The lowest BCUT2D eigenvalue weighted by Gasteiger charge is -2.36. The van der Waals surface area contributed by atoms with E-state index in [1.165, 1.54) is 36.9 Å². The average molecular weight is 373 g/mol. The molecular weight excluding hydrogens is 354 g/mol. The van der Waals surface area contributed by atoms with Crippen LogP contribution < -0.4 is 0 Å². The number of carbonyl (C=O) groups is 1. The van der Waals surface area contributed by atoms with Gasteiger partial charge in [-0.05, 0) is 40.1 Å². The van der Waals surface area contributed by atoms with Crippen LogP contribution in [0.25, 0.3) is 32.0 Å². The molecule has 27 heavy (non-hydrogen) atoms. The minimum absolute atomic E-state index is 0.201. The predicted octanol–water partition coefficient (Wildman–Crippen LogP) is 5.24. The van der Waals surface area contributed by atoms with Crippen molar-refractivity contribution in [2.24, 2.45) is 5.92 Å². The molecule has 5 rings (SSSR count). The van der Waals surface area contributed by atoms with E-state index in [9.17, 15) is 4.79 Å². The molecule has 0 amide bonds. The first-order chi connectivity index (χ1) is 13.2. The zero-order valence-corrected chi connectivity index (χ0v) is 15.6. The van der Waals surface area contributed by atoms with Crippen LogP contribution in [-0.2, 0) is 11.3 Å². The number of carboxylic acids is 1. The maximum Gasteiger partial charge on any atom is 0.309 e. The summed E-state index contributed by atoms with van der Waals surface area (Å²) in [5, 5.41) is 12.8. The maximum atomic E-state index is 11.0. The number of hydrogen-bond acceptors (Lipinski definition) is 3. The van der Waals surface area contributed by atoms with Crippen LogP contribution in [0.15, 0.2) is 66.7 Å². The van der Waals surface area contributed by atoms with E-state index in [0.29, 0.717) is 13.1 Å². The van der Waals surface area contributed by atoms with Crippen molar-refractivity contribution in [2.45, 2.75) is 6.54 Å². The summed E-state index contributed by atoms with van der Waals surface area (Å²) in [4.78, 5) is 14.5. The predicted molar refractivity (Wildman–Crippen MR) is 111 cm³/mol. The fraction of sp³-hybridized carbons (Fsp3) is 0.174. The third-order valence-corrected chi connectivity index (χ3v) is 6.44. The van der Waals surface area contributed by atoms with Crippen LogP contribution in [0.5, 0.6) is 0 Å². The molecule has 4 aromatic rings. The number of fused-ring (bicyclic) bond motifs is 2. The van der Waals surface area contributed by atoms with E-state index in [4.69, 9.17) is 5.11 Å². The summed E-state index contributed by atoms with van der Waals surface area (Å²) in [5.41, 5.74) is 2.49. The molecule has 0 bridgehead atoms. The lowest BCUT2D eigenvalue weighted by Crippen LogP contribution is -2.49. The van der Waals surface area contributed by atoms with Gasteiger partial charge < -0.3 is 5.11 Å². The quantitative estimate of drug-likeness (QED) is 0.532. The van der Waals surface area contributed by atoms with Crippen molar-refractivity contribution in [1.29, 1.82) is 0 Å². The van der Waals surface area contributed by atoms with Gasteiger partial charge in [-0.1, -0.05) is 48.5 Å². The van der Waals surface area contributed by atoms with Crippen LogP contribution in [0.4, 0.5) is 0 Å². The molecule has 3 aromatic carbocycles. The van der Waals surface area contributed by atoms with Gasteiger partial charge in [0.15, 0.2) is 0 Å². The van der Waals surface area contributed by atoms with E-state index >= 15 is 0 Å². The first-order valence-electron chi connectivity index (χ1n) is 9.13. The fourth-order valence-electron chi connectivity index (χ4n) is 3.88. The summed E-state index contributed by atoms with van der Waals surface area (Å²) >= 11 is 1.81. The molecular formula is C23H19NO2S. The molecule has 1 saturated heterocycles. The number of aliphatic carboxylic acids is 1. The number of nitrogens with zero attached hydrogens (tertiary/aromatic N) is 1. The van der Waals surface area contributed by atoms with E-state index in [0.717, 1.165) is 6.54 Å². The third kappa shape index (κ3) is 3.01. The average Bonchev–Trinajstić information content (AvgIpc) is 3.06. The van der Waals surface area contributed by atoms with Gasteiger partial charge in [-0.3, -0.25) is 9.69 Å². The van der Waals surface area contributed by atoms with Gasteiger partial charge in [0.25, 0.3) is 0 Å². The maximum absolute atomic E-state index is 11.0. The van der Waals surface area contributed by atoms with Gasteiger partial charge >= 0.3 is 5.97 Å². The lowest BCUT2D eigenvalue weighted by molar-refractivity contribution is -0.147. The smallest absolute Gasteiger partial charge is 0.309 e. The summed E-state index contributed by atoms with van der Waals surface area (Å²) in [6, 6.07) is 23.8. The van der Waals surface area contributed by atoms with Crippen molar-refractivity contribution >= 4 is 38.2 Å². The second-order valence-corrected chi connectivity index (χ2v) is 8.39. The second-order valence-electron chi connectivity index (χ2n) is 7.22. The van der Waals surface area contributed by atoms with Crippen LogP contribution in [0.1, 0.15) is 4.88 Å². The Balaban J connectivity index is 1.48. The second kappa shape index (κ2) is 6.48. The zero-order chi connectivity index (χ0) is 18.4. The molecule has 134 valence electrons. The van der Waals surface area contributed by atoms with Crippen LogP contribution in [-0.4, -0.2) is 29.1 Å². The van der Waals surface area contributed by atoms with E-state index in [1.54, 1.807) is 0 Å². The Labute approximate surface area is 161 Å². The first kappa shape index (κ1) is 16.5. The van der Waals surface area contributed by atoms with Crippen molar-refractivity contribution in [2.75, 3.05) is 13.1 Å². The molecule has 0 radical (unpaired) electrons. The highest BCUT2D eigenvalue weighted by Gasteiger charge is 2.32. The van der Waals surface area contributed by atoms with Gasteiger partial charge in [0.05, 0.1) is 5.92 Å². The molecule has 1 fully saturated rings. The van der Waals surface area contributed by atoms with Gasteiger partial charge in [0, 0.05) is 34.6 Å². The Bertz CT molecular complexity index is 1160. The molecule has 0 atom stereocenters. The number of thiophene rings is 1. The Morgan fingerprint density at radius 3 is 2.63 bits per heavy atom. The minimum atomic E-state index is -0.679. The van der Waals surface area contributed by atoms with Crippen molar-refractivity contribution in [3.8, 4) is 11.1 Å². The number of likely N-dealkylation sites (tertiary alicyclic amines) is 1. The molecule has 0 saturated carbocycles. The van der Waals surface area contributed by atoms with E-state index in [-0.39, 0.29) is 5.92 Å². The lowest BCUT2D eigenvalue weighted by atomic mass is 9.98. The van der Waals surface area contributed by atoms with Crippen LogP contribution in [0, 0.1) is 5.92 Å². The number of hydrogen-bond donors (Lipinski definition) is 1. The normalized spacial score (nSPS) is 15.3. The minimum Gasteiger partial charge on any atom is -0.481 e. The number of benzene rings is 3. The zero-order valence-electron chi connectivity index (χ0n) is 14.8. The van der Waals surface area contributed by atoms with E-state index in [1.807, 2.05) is 11.3 Å². The molecule has 4 heteroatoms. The molecule has 0 spiro atoms. The fourth-order valence-corrected chi connectivity index (χ4v) is 5.01. The molecule has 0 aliphatic carbocycles. The van der Waals surface area contributed by atoms with Gasteiger partial charge in [-0.2, -0.15) is 0 Å². The highest BCUT2D eigenvalue weighted by atomic mass is 32.1. The number of carboxylic acid groups (broad SMARTS) is 1. The first-order valence-corrected chi connectivity index (χ1v) is 9.95. The van der Waals surface area contributed by atoms with Crippen molar-refractivity contribution in [3.05, 3.63) is 71.6 Å². The van der Waals surface area contributed by atoms with Crippen LogP contribution >= 0.6 is 11.3 Å². The Morgan fingerprint density at radius 1 is 1.00 bits per heavy atom. The molecule has 3 nitrogen and oxygen atoms in total. The summed E-state index contributed by atoms with van der Waals surface area (Å²) in [5.74, 6) is -0.881. The number of rotatable bonds is 4. The molecule has 1 aliphatic rings. The highest BCUT2D eigenvalue weighted by molar-refractivity contribution is 7.19. The topological polar surface area (TPSA) is 40.5 Å². The van der Waals surface area contributed by atoms with Gasteiger partial charge in [0.1, 0.15) is 0 Å². The molecule has 1 aromatic heterocycles. The van der Waals surface area contributed by atoms with E-state index in [2.05, 4.69) is 71.6 Å². The molecule has 2 heterocycles. The summed E-state index contributed by atoms with van der Waals surface area (Å²) < 4.78 is 1.28. The SMILES string of the molecule is O=C(O)C1CN(Cc2cc3c(-c4ccc5ccccc5c4)cccc3s2)C1. The summed E-state index contributed by atoms with van der Waals surface area (Å²) in [7, 11) is 0.